The Kier molecular flexibility index (Phi) is 2.60. The van der Waals surface area contributed by atoms with Crippen molar-refractivity contribution in [2.45, 2.75) is 0 Å². The second-order valence-corrected chi connectivity index (χ2v) is 3.60. The molecule has 0 saturated carbocycles. The van der Waals surface area contributed by atoms with Gasteiger partial charge in [0.15, 0.2) is 0 Å². The lowest BCUT2D eigenvalue weighted by Gasteiger charge is -1.99. The topological polar surface area (TPSA) is 95.7 Å². The van der Waals surface area contributed by atoms with Crippen molar-refractivity contribution >= 4 is 17.0 Å². The van der Waals surface area contributed by atoms with Gasteiger partial charge in [-0.15, -0.1) is 15.3 Å². The van der Waals surface area contributed by atoms with E-state index in [0.717, 1.165) is 0 Å². The highest BCUT2D eigenvalue weighted by molar-refractivity contribution is 5.84. The Labute approximate surface area is 107 Å². The van der Waals surface area contributed by atoms with Gasteiger partial charge in [-0.05, 0) is 12.1 Å². The summed E-state index contributed by atoms with van der Waals surface area (Å²) < 4.78 is 5.79. The minimum atomic E-state index is -0.618. The Morgan fingerprint density at radius 3 is 2.79 bits per heavy atom. The number of rotatable bonds is 2. The summed E-state index contributed by atoms with van der Waals surface area (Å²) in [5.41, 5.74) is 1.36. The molecule has 0 bridgehead atoms. The highest BCUT2D eigenvalue weighted by Crippen LogP contribution is 2.08. The van der Waals surface area contributed by atoms with Crippen molar-refractivity contribution in [3.63, 3.8) is 0 Å². The van der Waals surface area contributed by atoms with E-state index >= 15 is 0 Å². The van der Waals surface area contributed by atoms with Crippen LogP contribution in [0, 0.1) is 0 Å². The first-order valence-electron chi connectivity index (χ1n) is 5.38. The number of ether oxygens (including phenoxy) is 1. The molecule has 3 rings (SSSR count). The zero-order valence-corrected chi connectivity index (χ0v) is 9.89. The molecule has 0 spiro atoms. The van der Waals surface area contributed by atoms with Crippen molar-refractivity contribution in [2.24, 2.45) is 0 Å². The number of aromatic nitrogens is 6. The fourth-order valence-corrected chi connectivity index (χ4v) is 1.51. The molecule has 0 atom stereocenters. The number of fused-ring (bicyclic) bond motifs is 1. The van der Waals surface area contributed by atoms with Crippen LogP contribution in [0.5, 0.6) is 0 Å². The van der Waals surface area contributed by atoms with Crippen LogP contribution in [0.1, 0.15) is 10.6 Å². The monoisotopic (exact) mass is 256 g/mol. The molecule has 8 nitrogen and oxygen atoms in total. The van der Waals surface area contributed by atoms with E-state index in [-0.39, 0.29) is 11.8 Å². The van der Waals surface area contributed by atoms with Gasteiger partial charge in [0, 0.05) is 0 Å². The van der Waals surface area contributed by atoms with Crippen LogP contribution in [0.25, 0.3) is 17.0 Å². The largest absolute Gasteiger partial charge is 0.463 e. The molecule has 8 heteroatoms. The summed E-state index contributed by atoms with van der Waals surface area (Å²) in [6.45, 7) is 0. The molecule has 0 amide bonds. The van der Waals surface area contributed by atoms with E-state index in [4.69, 9.17) is 0 Å². The molecule has 1 aromatic carbocycles. The quantitative estimate of drug-likeness (QED) is 0.612. The van der Waals surface area contributed by atoms with Crippen molar-refractivity contribution in [3.05, 3.63) is 36.4 Å². The smallest absolute Gasteiger partial charge is 0.377 e. The number of esters is 1. The third-order valence-electron chi connectivity index (χ3n) is 2.41. The van der Waals surface area contributed by atoms with E-state index in [9.17, 15) is 4.79 Å². The lowest BCUT2D eigenvalue weighted by atomic mass is 10.3. The fourth-order valence-electron chi connectivity index (χ4n) is 1.51. The summed E-state index contributed by atoms with van der Waals surface area (Å²) in [6, 6.07) is 7.32. The average Bonchev–Trinajstić information content (AvgIpc) is 2.95. The zero-order valence-electron chi connectivity index (χ0n) is 9.89. The van der Waals surface area contributed by atoms with Crippen LogP contribution >= 0.6 is 0 Å². The molecule has 94 valence electrons. The fraction of sp³-hybridized carbons (Fsp3) is 0.0909. The van der Waals surface area contributed by atoms with E-state index in [1.54, 1.807) is 6.07 Å². The number of hydrogen-bond donors (Lipinski definition) is 0. The number of benzene rings is 1. The maximum Gasteiger partial charge on any atom is 0.377 e. The molecule has 0 saturated heterocycles. The van der Waals surface area contributed by atoms with Gasteiger partial charge in [0.1, 0.15) is 11.8 Å². The summed E-state index contributed by atoms with van der Waals surface area (Å²) in [7, 11) is 1.26. The highest BCUT2D eigenvalue weighted by Gasteiger charge is 2.13. The number of nitrogens with zero attached hydrogens (tertiary/aromatic N) is 6. The van der Waals surface area contributed by atoms with E-state index in [2.05, 4.69) is 30.0 Å². The molecule has 3 aromatic rings. The molecule has 0 aliphatic rings. The van der Waals surface area contributed by atoms with Gasteiger partial charge in [0.2, 0.25) is 0 Å². The second-order valence-electron chi connectivity index (χ2n) is 3.60. The lowest BCUT2D eigenvalue weighted by Crippen LogP contribution is -2.07. The first-order chi connectivity index (χ1) is 9.28. The van der Waals surface area contributed by atoms with Gasteiger partial charge in [-0.2, -0.15) is 4.68 Å². The lowest BCUT2D eigenvalue weighted by molar-refractivity contribution is 0.0587. The van der Waals surface area contributed by atoms with Gasteiger partial charge < -0.3 is 4.74 Å². The van der Waals surface area contributed by atoms with Crippen molar-refractivity contribution in [2.75, 3.05) is 7.11 Å². The SMILES string of the molecule is COC(=O)c1ncn(-c2nnc3ccccc3n2)n1. The Morgan fingerprint density at radius 2 is 2.00 bits per heavy atom. The number of hydrogen-bond acceptors (Lipinski definition) is 7. The third-order valence-corrected chi connectivity index (χ3v) is 2.41. The molecule has 0 radical (unpaired) electrons. The van der Waals surface area contributed by atoms with Crippen LogP contribution in [-0.4, -0.2) is 43.0 Å². The first kappa shape index (κ1) is 11.2. The van der Waals surface area contributed by atoms with Gasteiger partial charge in [-0.3, -0.25) is 0 Å². The zero-order chi connectivity index (χ0) is 13.2. The summed E-state index contributed by atoms with van der Waals surface area (Å²) in [5.74, 6) is -0.437. The van der Waals surface area contributed by atoms with Crippen molar-refractivity contribution in [1.82, 2.24) is 29.9 Å². The predicted octanol–water partition coefficient (Wildman–Crippen LogP) is 0.392. The molecule has 2 heterocycles. The van der Waals surface area contributed by atoms with Crippen LogP contribution in [-0.2, 0) is 4.74 Å². The van der Waals surface area contributed by atoms with Gasteiger partial charge in [-0.1, -0.05) is 12.1 Å². The van der Waals surface area contributed by atoms with Crippen LogP contribution in [0.2, 0.25) is 0 Å². The first-order valence-corrected chi connectivity index (χ1v) is 5.38. The van der Waals surface area contributed by atoms with E-state index in [1.807, 2.05) is 18.2 Å². The van der Waals surface area contributed by atoms with Crippen molar-refractivity contribution in [1.29, 1.82) is 0 Å². The number of carbonyl (C=O) groups excluding carboxylic acids is 1. The highest BCUT2D eigenvalue weighted by atomic mass is 16.5. The van der Waals surface area contributed by atoms with E-state index in [0.29, 0.717) is 11.0 Å². The summed E-state index contributed by atoms with van der Waals surface area (Å²) in [4.78, 5) is 19.3. The predicted molar refractivity (Wildman–Crippen MR) is 63.6 cm³/mol. The van der Waals surface area contributed by atoms with E-state index < -0.39 is 5.97 Å². The molecule has 0 aliphatic carbocycles. The molecule has 0 unspecified atom stereocenters. The number of para-hydroxylation sites is 1. The number of methoxy groups -OCH3 is 1. The van der Waals surface area contributed by atoms with Gasteiger partial charge in [0.05, 0.1) is 12.6 Å². The standard InChI is InChI=1S/C11H8N6O2/c1-19-10(18)9-12-6-17(16-9)11-13-7-4-2-3-5-8(7)14-15-11/h2-6H,1H3. The minimum Gasteiger partial charge on any atom is -0.463 e. The third kappa shape index (κ3) is 1.99. The molecule has 19 heavy (non-hydrogen) atoms. The van der Waals surface area contributed by atoms with Crippen LogP contribution < -0.4 is 0 Å². The van der Waals surface area contributed by atoms with Gasteiger partial charge in [-0.25, -0.2) is 14.8 Å². The second kappa shape index (κ2) is 4.41. The normalized spacial score (nSPS) is 10.6. The molecule has 0 fully saturated rings. The van der Waals surface area contributed by atoms with Gasteiger partial charge in [0.25, 0.3) is 11.8 Å². The Balaban J connectivity index is 2.04. The maximum absolute atomic E-state index is 11.3. The summed E-state index contributed by atoms with van der Waals surface area (Å²) >= 11 is 0. The van der Waals surface area contributed by atoms with Gasteiger partial charge >= 0.3 is 5.97 Å². The Bertz CT molecular complexity index is 754. The molecular formula is C11H8N6O2. The minimum absolute atomic E-state index is 0.0562. The molecule has 2 aromatic heterocycles. The number of carbonyl (C=O) groups is 1. The molecular weight excluding hydrogens is 248 g/mol. The molecule has 0 aliphatic heterocycles. The Hall–Kier alpha value is -2.90. The maximum atomic E-state index is 11.3. The average molecular weight is 256 g/mol. The Morgan fingerprint density at radius 1 is 1.21 bits per heavy atom. The van der Waals surface area contributed by atoms with E-state index in [1.165, 1.54) is 18.1 Å². The summed E-state index contributed by atoms with van der Waals surface area (Å²) in [6.07, 6.45) is 1.33. The summed E-state index contributed by atoms with van der Waals surface area (Å²) in [5, 5.41) is 11.9. The molecule has 0 N–H and O–H groups in total. The van der Waals surface area contributed by atoms with Crippen molar-refractivity contribution < 1.29 is 9.53 Å². The van der Waals surface area contributed by atoms with Crippen molar-refractivity contribution in [3.8, 4) is 5.95 Å². The van der Waals surface area contributed by atoms with Crippen LogP contribution in [0.4, 0.5) is 0 Å². The van der Waals surface area contributed by atoms with Crippen LogP contribution in [0.3, 0.4) is 0 Å². The van der Waals surface area contributed by atoms with Crippen LogP contribution in [0.15, 0.2) is 30.6 Å².